The number of benzene rings is 3. The van der Waals surface area contributed by atoms with Crippen LogP contribution in [-0.2, 0) is 10.0 Å². The first-order chi connectivity index (χ1) is 21.4. The molecule has 234 valence electrons. The van der Waals surface area contributed by atoms with Crippen LogP contribution in [0.4, 0.5) is 10.1 Å². The van der Waals surface area contributed by atoms with Gasteiger partial charge in [0, 0.05) is 55.5 Å². The number of hydrogen-bond donors (Lipinski definition) is 2. The predicted octanol–water partition coefficient (Wildman–Crippen LogP) is 6.11. The molecule has 0 spiro atoms. The zero-order valence-corrected chi connectivity index (χ0v) is 26.6. The molecule has 1 atom stereocenters. The lowest BCUT2D eigenvalue weighted by Gasteiger charge is -2.34. The molecular formula is C34H35FN4O5S. The maximum Gasteiger partial charge on any atom is 0.270 e. The van der Waals surface area contributed by atoms with Gasteiger partial charge < -0.3 is 19.6 Å². The Morgan fingerprint density at radius 2 is 1.82 bits per heavy atom. The Bertz CT molecular complexity index is 2080. The van der Waals surface area contributed by atoms with Crippen LogP contribution in [0.2, 0.25) is 0 Å². The van der Waals surface area contributed by atoms with Crippen LogP contribution in [0.3, 0.4) is 0 Å². The predicted molar refractivity (Wildman–Crippen MR) is 174 cm³/mol. The molecule has 0 aliphatic carbocycles. The Morgan fingerprint density at radius 3 is 2.49 bits per heavy atom. The number of rotatable bonds is 6. The van der Waals surface area contributed by atoms with E-state index < -0.39 is 15.8 Å². The summed E-state index contributed by atoms with van der Waals surface area (Å²) in [7, 11) is -0.638. The number of aryl methyl sites for hydroxylation is 2. The number of para-hydroxylation sites is 1. The van der Waals surface area contributed by atoms with Crippen molar-refractivity contribution >= 4 is 49.4 Å². The number of hydrogen-bond acceptors (Lipinski definition) is 5. The number of likely N-dealkylation sites (tertiary alicyclic amines) is 1. The average molecular weight is 631 g/mol. The van der Waals surface area contributed by atoms with Crippen molar-refractivity contribution in [2.75, 3.05) is 37.7 Å². The number of amides is 2. The van der Waals surface area contributed by atoms with Gasteiger partial charge in [0.15, 0.2) is 0 Å². The molecule has 0 unspecified atom stereocenters. The van der Waals surface area contributed by atoms with Crippen LogP contribution in [0.1, 0.15) is 56.3 Å². The van der Waals surface area contributed by atoms with Crippen molar-refractivity contribution in [2.24, 2.45) is 0 Å². The fourth-order valence-corrected chi connectivity index (χ4v) is 6.81. The van der Waals surface area contributed by atoms with Crippen molar-refractivity contribution in [3.05, 3.63) is 88.4 Å². The lowest BCUT2D eigenvalue weighted by molar-refractivity contribution is 0.0701. The van der Waals surface area contributed by atoms with Gasteiger partial charge in [-0.2, -0.15) is 0 Å². The van der Waals surface area contributed by atoms with Crippen LogP contribution < -0.4 is 9.62 Å². The molecule has 11 heteroatoms. The van der Waals surface area contributed by atoms with Gasteiger partial charge >= 0.3 is 0 Å². The van der Waals surface area contributed by atoms with Gasteiger partial charge in [-0.15, -0.1) is 0 Å². The van der Waals surface area contributed by atoms with Crippen molar-refractivity contribution in [3.8, 4) is 11.3 Å². The molecule has 0 bridgehead atoms. The third-order valence-corrected chi connectivity index (χ3v) is 10.0. The molecule has 0 radical (unpaired) electrons. The first kappa shape index (κ1) is 30.4. The van der Waals surface area contributed by atoms with Crippen LogP contribution in [0, 0.1) is 19.7 Å². The highest BCUT2D eigenvalue weighted by molar-refractivity contribution is 7.92. The van der Waals surface area contributed by atoms with Crippen LogP contribution in [0.15, 0.2) is 59.0 Å². The van der Waals surface area contributed by atoms with E-state index in [0.717, 1.165) is 17.4 Å². The van der Waals surface area contributed by atoms with Crippen molar-refractivity contribution in [1.29, 1.82) is 0 Å². The van der Waals surface area contributed by atoms with Gasteiger partial charge in [0.25, 0.3) is 11.8 Å². The summed E-state index contributed by atoms with van der Waals surface area (Å²) in [5.41, 5.74) is 4.90. The number of furan rings is 1. The van der Waals surface area contributed by atoms with E-state index in [0.29, 0.717) is 81.6 Å². The standard InChI is InChI=1S/C34H35FN4O5S/c1-19-11-13-21(14-12-19)32-29(33(40)36-3)25-16-24(27(17-28(25)44-32)38(4)45(5,42)43)22-8-7-15-39(18-22)34(41)30-20(2)23-9-6-10-26(35)31(23)37-30/h6,9-14,16-17,22,37H,7-8,15,18H2,1-5H3,(H,36,40)/t22-/m0/s1. The van der Waals surface area contributed by atoms with Gasteiger partial charge in [-0.3, -0.25) is 13.9 Å². The van der Waals surface area contributed by atoms with Crippen LogP contribution in [-0.4, -0.2) is 63.6 Å². The minimum Gasteiger partial charge on any atom is -0.455 e. The van der Waals surface area contributed by atoms with Gasteiger partial charge in [0.1, 0.15) is 22.9 Å². The molecule has 1 aliphatic rings. The number of anilines is 1. The topological polar surface area (TPSA) is 116 Å². The molecule has 2 aromatic heterocycles. The molecule has 1 saturated heterocycles. The molecule has 3 aromatic carbocycles. The number of piperidine rings is 1. The van der Waals surface area contributed by atoms with E-state index in [-0.39, 0.29) is 17.7 Å². The molecule has 0 saturated carbocycles. The SMILES string of the molecule is CNC(=O)c1c(-c2ccc(C)cc2)oc2cc(N(C)S(C)(=O)=O)c([C@H]3CCCN(C(=O)c4[nH]c5c(F)cccc5c4C)C3)cc12. The summed E-state index contributed by atoms with van der Waals surface area (Å²) in [6.07, 6.45) is 2.50. The molecule has 45 heavy (non-hydrogen) atoms. The van der Waals surface area contributed by atoms with E-state index in [2.05, 4.69) is 10.3 Å². The minimum absolute atomic E-state index is 0.247. The third-order valence-electron chi connectivity index (χ3n) is 8.85. The molecule has 6 rings (SSSR count). The maximum absolute atomic E-state index is 14.5. The summed E-state index contributed by atoms with van der Waals surface area (Å²) in [6.45, 7) is 4.57. The van der Waals surface area contributed by atoms with E-state index in [9.17, 15) is 22.4 Å². The zero-order valence-electron chi connectivity index (χ0n) is 25.8. The number of H-pyrrole nitrogens is 1. The van der Waals surface area contributed by atoms with Gasteiger partial charge in [-0.25, -0.2) is 12.8 Å². The van der Waals surface area contributed by atoms with Crippen molar-refractivity contribution < 1.29 is 26.8 Å². The van der Waals surface area contributed by atoms with E-state index >= 15 is 0 Å². The normalized spacial score (nSPS) is 15.5. The van der Waals surface area contributed by atoms with Gasteiger partial charge in [-0.05, 0) is 49.9 Å². The number of halogens is 1. The average Bonchev–Trinajstić information content (AvgIpc) is 3.57. The van der Waals surface area contributed by atoms with Crippen LogP contribution in [0.25, 0.3) is 33.2 Å². The monoisotopic (exact) mass is 630 g/mol. The summed E-state index contributed by atoms with van der Waals surface area (Å²) >= 11 is 0. The number of nitrogens with zero attached hydrogens (tertiary/aromatic N) is 2. The number of aromatic nitrogens is 1. The summed E-state index contributed by atoms with van der Waals surface area (Å²) in [5.74, 6) is -0.867. The summed E-state index contributed by atoms with van der Waals surface area (Å²) in [6, 6.07) is 15.9. The van der Waals surface area contributed by atoms with Crippen molar-refractivity contribution in [2.45, 2.75) is 32.6 Å². The second kappa shape index (κ2) is 11.4. The first-order valence-electron chi connectivity index (χ1n) is 14.8. The highest BCUT2D eigenvalue weighted by Crippen LogP contribution is 2.42. The highest BCUT2D eigenvalue weighted by Gasteiger charge is 2.32. The Morgan fingerprint density at radius 1 is 1.09 bits per heavy atom. The van der Waals surface area contributed by atoms with Crippen molar-refractivity contribution in [1.82, 2.24) is 15.2 Å². The number of aromatic amines is 1. The summed E-state index contributed by atoms with van der Waals surface area (Å²) in [5, 5.41) is 3.92. The molecule has 2 amide bonds. The largest absolute Gasteiger partial charge is 0.455 e. The number of sulfonamides is 1. The fourth-order valence-electron chi connectivity index (χ4n) is 6.29. The quantitative estimate of drug-likeness (QED) is 0.235. The molecule has 3 heterocycles. The zero-order chi connectivity index (χ0) is 32.2. The molecule has 5 aromatic rings. The minimum atomic E-state index is -3.67. The Hall–Kier alpha value is -4.64. The van der Waals surface area contributed by atoms with E-state index in [4.69, 9.17) is 4.42 Å². The molecular weight excluding hydrogens is 595 g/mol. The van der Waals surface area contributed by atoms with E-state index in [1.54, 1.807) is 37.1 Å². The van der Waals surface area contributed by atoms with Crippen LogP contribution >= 0.6 is 0 Å². The maximum atomic E-state index is 14.5. The van der Waals surface area contributed by atoms with Crippen molar-refractivity contribution in [3.63, 3.8) is 0 Å². The van der Waals surface area contributed by atoms with E-state index in [1.165, 1.54) is 17.4 Å². The first-order valence-corrected chi connectivity index (χ1v) is 16.6. The van der Waals surface area contributed by atoms with Crippen LogP contribution in [0.5, 0.6) is 0 Å². The second-order valence-electron chi connectivity index (χ2n) is 11.8. The molecule has 1 fully saturated rings. The van der Waals surface area contributed by atoms with Gasteiger partial charge in [0.2, 0.25) is 10.0 Å². The van der Waals surface area contributed by atoms with Gasteiger partial charge in [0.05, 0.1) is 23.0 Å². The smallest absolute Gasteiger partial charge is 0.270 e. The van der Waals surface area contributed by atoms with E-state index in [1.807, 2.05) is 37.3 Å². The number of fused-ring (bicyclic) bond motifs is 2. The molecule has 9 nitrogen and oxygen atoms in total. The fraction of sp³-hybridized carbons (Fsp3) is 0.294. The Balaban J connectivity index is 1.47. The lowest BCUT2D eigenvalue weighted by atomic mass is 9.88. The highest BCUT2D eigenvalue weighted by atomic mass is 32.2. The number of carbonyl (C=O) groups excluding carboxylic acids is 2. The number of nitrogens with one attached hydrogen (secondary N) is 2. The Labute approximate surface area is 261 Å². The summed E-state index contributed by atoms with van der Waals surface area (Å²) < 4.78 is 47.6. The number of carbonyl (C=O) groups is 2. The molecule has 1 aliphatic heterocycles. The Kier molecular flexibility index (Phi) is 7.68. The third kappa shape index (κ3) is 5.35. The second-order valence-corrected chi connectivity index (χ2v) is 13.8. The lowest BCUT2D eigenvalue weighted by Crippen LogP contribution is -2.40. The summed E-state index contributed by atoms with van der Waals surface area (Å²) in [4.78, 5) is 31.8. The van der Waals surface area contributed by atoms with Gasteiger partial charge in [-0.1, -0.05) is 42.0 Å². The molecule has 2 N–H and O–H groups in total.